The molecule has 0 spiro atoms. The molecule has 1 aromatic carbocycles. The zero-order chi connectivity index (χ0) is 30.9. The fourth-order valence-corrected chi connectivity index (χ4v) is 7.43. The molecule has 2 rings (SSSR count). The molecule has 0 saturated carbocycles. The summed E-state index contributed by atoms with van der Waals surface area (Å²) < 4.78 is 98.5. The number of hydrogen-bond acceptors (Lipinski definition) is 10. The molecule has 11 nitrogen and oxygen atoms in total. The first-order chi connectivity index (χ1) is 17.9. The van der Waals surface area contributed by atoms with Crippen LogP contribution in [0.2, 0.25) is 58.9 Å². The van der Waals surface area contributed by atoms with Crippen LogP contribution in [0.25, 0.3) is 0 Å². The maximum Gasteiger partial charge on any atom is 0.523 e. The first kappa shape index (κ1) is 34.8. The van der Waals surface area contributed by atoms with Crippen LogP contribution in [0.5, 0.6) is 5.75 Å². The second-order valence-electron chi connectivity index (χ2n) is 12.2. The Hall–Kier alpha value is -1.39. The molecular weight excluding hydrogens is 612 g/mol. The maximum atomic E-state index is 13.1. The van der Waals surface area contributed by atoms with Crippen LogP contribution < -0.4 is 4.74 Å². The fraction of sp³-hybridized carbons (Fsp3) is 0.727. The molecule has 1 aliphatic heterocycles. The van der Waals surface area contributed by atoms with Crippen LogP contribution in [0.3, 0.4) is 0 Å². The van der Waals surface area contributed by atoms with Crippen molar-refractivity contribution in [3.63, 3.8) is 0 Å². The van der Waals surface area contributed by atoms with Gasteiger partial charge in [0.15, 0.2) is 25.0 Å². The highest BCUT2D eigenvalue weighted by atomic mass is 32.2. The van der Waals surface area contributed by atoms with E-state index in [1.165, 1.54) is 24.3 Å². The molecule has 0 radical (unpaired) electrons. The van der Waals surface area contributed by atoms with E-state index in [1.54, 1.807) is 0 Å². The highest BCUT2D eigenvalue weighted by molar-refractivity contribution is 7.87. The van der Waals surface area contributed by atoms with Crippen molar-refractivity contribution in [1.29, 1.82) is 0 Å². The SMILES string of the molecule is C[Si](C)(C)O[C@@H]1[C@H](O[Si](C)(C)C)[C@@H](Oc2ccc([N+](=O)[O-])cc2)O[C@H](COS(=O)(=O)C(F)(F)F)[C@H]1O[Si](C)(C)C. The summed E-state index contributed by atoms with van der Waals surface area (Å²) in [4.78, 5) is 10.5. The molecule has 18 heteroatoms. The fourth-order valence-electron chi connectivity index (χ4n) is 3.74. The quantitative estimate of drug-likeness (QED) is 0.0975. The molecular formula is C22H38F3NO10SSi3. The molecule has 1 heterocycles. The summed E-state index contributed by atoms with van der Waals surface area (Å²) in [6, 6.07) is 5.11. The standard InChI is InChI=1S/C22H38F3NO10SSi3/c1-38(2,3)34-18-17(14-31-37(29,30)22(23,24)25)33-21(32-16-12-10-15(11-13-16)26(27)28)20(36-40(7,8)9)19(18)35-39(4,5)6/h10-13,17-21H,14H2,1-9H3/t17-,18-,19+,20+,21+/m1/s1. The molecule has 0 N–H and O–H groups in total. The lowest BCUT2D eigenvalue weighted by molar-refractivity contribution is -0.384. The van der Waals surface area contributed by atoms with E-state index in [4.69, 9.17) is 22.8 Å². The van der Waals surface area contributed by atoms with Gasteiger partial charge in [-0.05, 0) is 71.1 Å². The van der Waals surface area contributed by atoms with Crippen LogP contribution in [0.1, 0.15) is 0 Å². The van der Waals surface area contributed by atoms with E-state index in [-0.39, 0.29) is 11.4 Å². The Labute approximate surface area is 235 Å². The van der Waals surface area contributed by atoms with Gasteiger partial charge in [0.1, 0.15) is 30.2 Å². The Morgan fingerprint density at radius 3 is 1.73 bits per heavy atom. The molecule has 0 aliphatic carbocycles. The van der Waals surface area contributed by atoms with Crippen LogP contribution >= 0.6 is 0 Å². The number of halogens is 3. The van der Waals surface area contributed by atoms with Gasteiger partial charge in [-0.25, -0.2) is 0 Å². The van der Waals surface area contributed by atoms with Crippen molar-refractivity contribution in [2.75, 3.05) is 6.61 Å². The van der Waals surface area contributed by atoms with Crippen molar-refractivity contribution in [3.8, 4) is 5.75 Å². The minimum Gasteiger partial charge on any atom is -0.462 e. The van der Waals surface area contributed by atoms with Gasteiger partial charge in [0.2, 0.25) is 6.29 Å². The number of alkyl halides is 3. The van der Waals surface area contributed by atoms with Gasteiger partial charge in [-0.1, -0.05) is 0 Å². The zero-order valence-corrected chi connectivity index (χ0v) is 27.8. The lowest BCUT2D eigenvalue weighted by atomic mass is 9.99. The molecule has 1 saturated heterocycles. The number of rotatable bonds is 12. The third-order valence-electron chi connectivity index (χ3n) is 5.03. The Bertz CT molecular complexity index is 1120. The molecule has 0 amide bonds. The smallest absolute Gasteiger partial charge is 0.462 e. The van der Waals surface area contributed by atoms with Crippen molar-refractivity contribution >= 4 is 40.8 Å². The van der Waals surface area contributed by atoms with Gasteiger partial charge < -0.3 is 22.8 Å². The van der Waals surface area contributed by atoms with E-state index in [0.29, 0.717) is 0 Å². The molecule has 40 heavy (non-hydrogen) atoms. The minimum atomic E-state index is -5.93. The summed E-state index contributed by atoms with van der Waals surface area (Å²) in [5.41, 5.74) is -5.82. The van der Waals surface area contributed by atoms with Crippen LogP contribution in [0.15, 0.2) is 24.3 Å². The molecule has 1 aliphatic rings. The Morgan fingerprint density at radius 2 is 1.30 bits per heavy atom. The summed E-state index contributed by atoms with van der Waals surface area (Å²) in [5, 5.41) is 11.1. The average molecular weight is 650 g/mol. The molecule has 0 unspecified atom stereocenters. The van der Waals surface area contributed by atoms with Crippen molar-refractivity contribution in [2.24, 2.45) is 0 Å². The van der Waals surface area contributed by atoms with Gasteiger partial charge in [-0.2, -0.15) is 21.6 Å². The lowest BCUT2D eigenvalue weighted by Crippen LogP contribution is -2.67. The average Bonchev–Trinajstić information content (AvgIpc) is 2.73. The molecule has 230 valence electrons. The maximum absolute atomic E-state index is 13.1. The van der Waals surface area contributed by atoms with Crippen LogP contribution in [0, 0.1) is 10.1 Å². The van der Waals surface area contributed by atoms with E-state index < -0.39 is 82.8 Å². The molecule has 1 aromatic rings. The second-order valence-corrected chi connectivity index (χ2v) is 27.2. The van der Waals surface area contributed by atoms with E-state index in [9.17, 15) is 31.7 Å². The summed E-state index contributed by atoms with van der Waals surface area (Å²) in [6.45, 7) is 16.0. The Kier molecular flexibility index (Phi) is 10.8. The summed E-state index contributed by atoms with van der Waals surface area (Å²) in [5.74, 6) is 0.152. The predicted molar refractivity (Wildman–Crippen MR) is 148 cm³/mol. The topological polar surface area (TPSA) is 133 Å². The van der Waals surface area contributed by atoms with Gasteiger partial charge in [0.25, 0.3) is 5.69 Å². The Balaban J connectivity index is 2.60. The number of non-ortho nitro benzene ring substituents is 1. The van der Waals surface area contributed by atoms with Gasteiger partial charge in [-0.15, -0.1) is 0 Å². The normalized spacial score (nSPS) is 25.1. The minimum absolute atomic E-state index is 0.152. The summed E-state index contributed by atoms with van der Waals surface area (Å²) in [7, 11) is -13.1. The summed E-state index contributed by atoms with van der Waals surface area (Å²) in [6.07, 6.45) is -5.60. The van der Waals surface area contributed by atoms with Gasteiger partial charge >= 0.3 is 15.6 Å². The predicted octanol–water partition coefficient (Wildman–Crippen LogP) is 5.23. The first-order valence-corrected chi connectivity index (χ1v) is 24.1. The molecule has 0 aromatic heterocycles. The first-order valence-electron chi connectivity index (χ1n) is 12.4. The van der Waals surface area contributed by atoms with Crippen LogP contribution in [0.4, 0.5) is 18.9 Å². The Morgan fingerprint density at radius 1 is 0.850 bits per heavy atom. The zero-order valence-electron chi connectivity index (χ0n) is 24.0. The number of hydrogen-bond donors (Lipinski definition) is 0. The number of nitro groups is 1. The second kappa shape index (κ2) is 12.5. The van der Waals surface area contributed by atoms with Gasteiger partial charge in [0, 0.05) is 12.1 Å². The van der Waals surface area contributed by atoms with E-state index in [0.717, 1.165) is 0 Å². The number of benzene rings is 1. The monoisotopic (exact) mass is 649 g/mol. The van der Waals surface area contributed by atoms with Gasteiger partial charge in [-0.3, -0.25) is 14.3 Å². The highest BCUT2D eigenvalue weighted by Crippen LogP contribution is 2.36. The third-order valence-corrected chi connectivity index (χ3v) is 8.98. The number of nitro benzene ring substituents is 1. The van der Waals surface area contributed by atoms with Crippen LogP contribution in [-0.2, 0) is 32.3 Å². The van der Waals surface area contributed by atoms with Crippen LogP contribution in [-0.4, -0.2) is 81.1 Å². The molecule has 0 bridgehead atoms. The molecule has 1 fully saturated rings. The van der Waals surface area contributed by atoms with E-state index in [1.807, 2.05) is 58.9 Å². The van der Waals surface area contributed by atoms with Crippen molar-refractivity contribution in [3.05, 3.63) is 34.4 Å². The van der Waals surface area contributed by atoms with E-state index in [2.05, 4.69) is 4.18 Å². The lowest BCUT2D eigenvalue weighted by Gasteiger charge is -2.50. The van der Waals surface area contributed by atoms with Crippen molar-refractivity contribution in [1.82, 2.24) is 0 Å². The van der Waals surface area contributed by atoms with Crippen molar-refractivity contribution in [2.45, 2.75) is 95.1 Å². The summed E-state index contributed by atoms with van der Waals surface area (Å²) >= 11 is 0. The van der Waals surface area contributed by atoms with E-state index >= 15 is 0 Å². The van der Waals surface area contributed by atoms with Crippen molar-refractivity contribution < 1.29 is 53.4 Å². The molecule has 5 atom stereocenters. The largest absolute Gasteiger partial charge is 0.523 e. The van der Waals surface area contributed by atoms with Gasteiger partial charge in [0.05, 0.1) is 11.5 Å². The number of ether oxygens (including phenoxy) is 2. The number of nitrogens with zero attached hydrogens (tertiary/aromatic N) is 1. The highest BCUT2D eigenvalue weighted by Gasteiger charge is 2.54. The third kappa shape index (κ3) is 10.5.